The van der Waals surface area contributed by atoms with Gasteiger partial charge in [-0.05, 0) is 0 Å². The Balaban J connectivity index is 2.27. The molecule has 0 saturated heterocycles. The second-order valence-electron chi connectivity index (χ2n) is 6.87. The zero-order chi connectivity index (χ0) is 21.2. The molecule has 0 aliphatic carbocycles. The van der Waals surface area contributed by atoms with E-state index < -0.39 is 38.1 Å². The summed E-state index contributed by atoms with van der Waals surface area (Å²) < 4.78 is 16.6. The summed E-state index contributed by atoms with van der Waals surface area (Å²) in [6.45, 7) is 2.63. The van der Waals surface area contributed by atoms with Gasteiger partial charge in [-0.2, -0.15) is 0 Å². The van der Waals surface area contributed by atoms with Crippen molar-refractivity contribution in [3.05, 3.63) is 29.8 Å². The summed E-state index contributed by atoms with van der Waals surface area (Å²) in [4.78, 5) is 25.0. The summed E-state index contributed by atoms with van der Waals surface area (Å²) in [6.07, 6.45) is 0.00348. The molecular weight excluding hydrogens is 395 g/mol. The third-order valence-corrected chi connectivity index (χ3v) is 5.02. The summed E-state index contributed by atoms with van der Waals surface area (Å²) >= 11 is 0. The molecule has 2 bridgehead atoms. The average Bonchev–Trinajstić information content (AvgIpc) is 2.72. The van der Waals surface area contributed by atoms with Crippen LogP contribution in [0.15, 0.2) is 24.3 Å². The van der Waals surface area contributed by atoms with Crippen LogP contribution < -0.4 is 26.4 Å². The van der Waals surface area contributed by atoms with E-state index in [2.05, 4.69) is 16.0 Å². The van der Waals surface area contributed by atoms with E-state index in [9.17, 15) is 19.3 Å². The van der Waals surface area contributed by atoms with Crippen LogP contribution in [0.3, 0.4) is 0 Å². The number of carbonyl (C=O) groups excluding carboxylic acids is 2. The molecule has 9 nitrogen and oxygen atoms in total. The molecule has 0 radical (unpaired) electrons. The van der Waals surface area contributed by atoms with Crippen LogP contribution in [0.1, 0.15) is 25.3 Å². The molecule has 2 amide bonds. The molecule has 29 heavy (non-hydrogen) atoms. The van der Waals surface area contributed by atoms with Gasteiger partial charge in [0, 0.05) is 0 Å². The number of hydrogen-bond acceptors (Lipinski definition) is 6. The number of fused-ring (bicyclic) bond motifs is 13. The number of benzene rings is 1. The van der Waals surface area contributed by atoms with Crippen LogP contribution in [-0.2, 0) is 20.6 Å². The molecule has 0 aromatic heterocycles. The summed E-state index contributed by atoms with van der Waals surface area (Å²) in [7, 11) is -0.394. The van der Waals surface area contributed by atoms with Crippen LogP contribution in [0.2, 0.25) is 0 Å². The molecule has 0 saturated carbocycles. The third-order valence-electron chi connectivity index (χ3n) is 4.60. The second-order valence-corrected chi connectivity index (χ2v) is 7.63. The van der Waals surface area contributed by atoms with Gasteiger partial charge < -0.3 is 0 Å². The predicted octanol–water partition coefficient (Wildman–Crippen LogP) is -0.278. The fourth-order valence-electron chi connectivity index (χ4n) is 2.97. The second kappa shape index (κ2) is 11.8. The van der Waals surface area contributed by atoms with E-state index >= 15 is 0 Å². The van der Waals surface area contributed by atoms with E-state index in [-0.39, 0.29) is 18.4 Å². The van der Waals surface area contributed by atoms with Crippen LogP contribution in [0, 0.1) is 0 Å². The summed E-state index contributed by atoms with van der Waals surface area (Å²) in [5.74, 6) is -0.190. The molecule has 2 aliphatic rings. The molecule has 10 heteroatoms. The Morgan fingerprint density at radius 1 is 1.31 bits per heavy atom. The molecule has 1 aromatic rings. The molecule has 3 rings (SSSR count). The van der Waals surface area contributed by atoms with Gasteiger partial charge in [-0.25, -0.2) is 0 Å². The number of nitrogens with two attached hydrogens (primary N) is 1. The van der Waals surface area contributed by atoms with Gasteiger partial charge in [0.2, 0.25) is 0 Å². The standard InChI is InChI=1S/C19H27N4O5P/c1-2-16(24)14-9-12-3-5-13(6-4-12)28-8-7-21-11-18(25)22-15(19(26)23-14)10-17(20)29-27/h3-6,14-16,21,24H,2,7-11,20H2,1H3,(H-,22,23,25,26)/p+1. The molecule has 3 atom stereocenters. The number of ether oxygens (including phenoxy) is 1. The first-order chi connectivity index (χ1) is 13.9. The van der Waals surface area contributed by atoms with Crippen molar-refractivity contribution in [2.45, 2.75) is 44.4 Å². The van der Waals surface area contributed by atoms with Crippen LogP contribution in [0.25, 0.3) is 0 Å². The Hall–Kier alpha value is -2.06. The van der Waals surface area contributed by atoms with Gasteiger partial charge in [-0.1, -0.05) is 0 Å². The molecule has 3 unspecified atom stereocenters. The normalized spacial score (nSPS) is 22.2. The average molecular weight is 423 g/mol. The third kappa shape index (κ3) is 7.70. The number of amides is 2. The van der Waals surface area contributed by atoms with Crippen molar-refractivity contribution < 1.29 is 24.0 Å². The number of rotatable bonds is 4. The molecule has 2 heterocycles. The van der Waals surface area contributed by atoms with Crippen molar-refractivity contribution in [2.24, 2.45) is 5.73 Å². The number of nitrogens with one attached hydrogen (secondary N) is 3. The SMILES string of the molecule is CCC(O)C1Cc2ccc(cc2)OCCNCC(=O)NC(CC(N)=[P+]=O)C(=O)N1. The van der Waals surface area contributed by atoms with Gasteiger partial charge in [0.15, 0.2) is 0 Å². The van der Waals surface area contributed by atoms with Gasteiger partial charge in [0.1, 0.15) is 0 Å². The number of hydrogen-bond donors (Lipinski definition) is 5. The van der Waals surface area contributed by atoms with E-state index in [1.54, 1.807) is 0 Å². The molecule has 158 valence electrons. The number of carbonyl (C=O) groups is 2. The monoisotopic (exact) mass is 423 g/mol. The van der Waals surface area contributed by atoms with E-state index in [1.807, 2.05) is 31.2 Å². The molecule has 0 spiro atoms. The maximum absolute atomic E-state index is 12.8. The van der Waals surface area contributed by atoms with Gasteiger partial charge in [-0.15, -0.1) is 0 Å². The van der Waals surface area contributed by atoms with Gasteiger partial charge >= 0.3 is 171 Å². The van der Waals surface area contributed by atoms with Gasteiger partial charge in [-0.3, -0.25) is 0 Å². The summed E-state index contributed by atoms with van der Waals surface area (Å²) in [5, 5.41) is 18.7. The first-order valence-corrected chi connectivity index (χ1v) is 10.4. The van der Waals surface area contributed by atoms with Gasteiger partial charge in [0.05, 0.1) is 0 Å². The molecule has 6 N–H and O–H groups in total. The molecular formula is C19H28N4O5P+. The fraction of sp³-hybridized carbons (Fsp3) is 0.526. The topological polar surface area (TPSA) is 143 Å². The van der Waals surface area contributed by atoms with E-state index in [0.29, 0.717) is 31.7 Å². The Kier molecular flexibility index (Phi) is 9.47. The van der Waals surface area contributed by atoms with E-state index in [0.717, 1.165) is 5.56 Å². The zero-order valence-corrected chi connectivity index (χ0v) is 17.3. The van der Waals surface area contributed by atoms with Crippen LogP contribution in [0.4, 0.5) is 0 Å². The van der Waals surface area contributed by atoms with Crippen LogP contribution in [-0.4, -0.2) is 60.2 Å². The van der Waals surface area contributed by atoms with Crippen molar-refractivity contribution in [3.8, 4) is 5.75 Å². The Morgan fingerprint density at radius 3 is 2.69 bits per heavy atom. The van der Waals surface area contributed by atoms with Crippen molar-refractivity contribution in [2.75, 3.05) is 19.7 Å². The minimum atomic E-state index is -0.996. The summed E-state index contributed by atoms with van der Waals surface area (Å²) in [6, 6.07) is 5.88. The zero-order valence-electron chi connectivity index (χ0n) is 16.4. The Bertz CT molecular complexity index is 751. The van der Waals surface area contributed by atoms with Crippen LogP contribution in [0.5, 0.6) is 5.75 Å². The minimum absolute atomic E-state index is 0.0118. The summed E-state index contributed by atoms with van der Waals surface area (Å²) in [5.41, 5.74) is 6.60. The van der Waals surface area contributed by atoms with Crippen molar-refractivity contribution in [1.82, 2.24) is 16.0 Å². The Morgan fingerprint density at radius 2 is 2.03 bits per heavy atom. The maximum atomic E-state index is 12.8. The van der Waals surface area contributed by atoms with Crippen molar-refractivity contribution >= 4 is 25.3 Å². The predicted molar refractivity (Wildman–Crippen MR) is 110 cm³/mol. The van der Waals surface area contributed by atoms with Gasteiger partial charge in [0.25, 0.3) is 0 Å². The molecule has 2 aliphatic heterocycles. The van der Waals surface area contributed by atoms with Crippen LogP contribution >= 0.6 is 8.08 Å². The van der Waals surface area contributed by atoms with Crippen molar-refractivity contribution in [3.63, 3.8) is 0 Å². The van der Waals surface area contributed by atoms with E-state index in [4.69, 9.17) is 10.5 Å². The quantitative estimate of drug-likeness (QED) is 0.331. The molecule has 0 fully saturated rings. The first-order valence-electron chi connectivity index (χ1n) is 9.57. The van der Waals surface area contributed by atoms with E-state index in [1.165, 1.54) is 0 Å². The first kappa shape index (κ1) is 23.2. The number of aliphatic hydroxyl groups is 1. The Labute approximate surface area is 171 Å². The van der Waals surface area contributed by atoms with Crippen molar-refractivity contribution in [1.29, 1.82) is 0 Å². The fourth-order valence-corrected chi connectivity index (χ4v) is 3.23. The number of aliphatic hydroxyl groups excluding tert-OH is 1. The molecule has 1 aromatic carbocycles.